The molecule has 0 aromatic carbocycles. The van der Waals surface area contributed by atoms with Crippen LogP contribution in [0.25, 0.3) is 0 Å². The van der Waals surface area contributed by atoms with E-state index in [1.165, 1.54) is 0 Å². The van der Waals surface area contributed by atoms with Crippen molar-refractivity contribution in [3.05, 3.63) is 0 Å². The van der Waals surface area contributed by atoms with Crippen molar-refractivity contribution in [1.29, 1.82) is 0 Å². The van der Waals surface area contributed by atoms with E-state index in [1.807, 2.05) is 4.90 Å². The summed E-state index contributed by atoms with van der Waals surface area (Å²) in [6.07, 6.45) is 1.96. The number of fused-ring (bicyclic) bond motifs is 1. The molecule has 3 rings (SSSR count). The maximum Gasteiger partial charge on any atom is 0.226 e. The molecule has 0 unspecified atom stereocenters. The van der Waals surface area contributed by atoms with Crippen LogP contribution >= 0.6 is 12.4 Å². The average Bonchev–Trinajstić information content (AvgIpc) is 2.98. The number of carbonyl (C=O) groups is 1. The second-order valence-corrected chi connectivity index (χ2v) is 7.16. The van der Waals surface area contributed by atoms with Crippen molar-refractivity contribution < 1.29 is 13.2 Å². The SMILES string of the molecule is Cl.O=C(C1CC1)N1CCN[C@H]2CS(=O)(=O)C[C@H]21. The molecule has 2 saturated heterocycles. The van der Waals surface area contributed by atoms with Gasteiger partial charge in [-0.1, -0.05) is 0 Å². The second-order valence-electron chi connectivity index (χ2n) is 5.01. The second kappa shape index (κ2) is 4.40. The third-order valence-corrected chi connectivity index (χ3v) is 5.41. The summed E-state index contributed by atoms with van der Waals surface area (Å²) >= 11 is 0. The van der Waals surface area contributed by atoms with E-state index in [0.29, 0.717) is 6.54 Å². The van der Waals surface area contributed by atoms with Gasteiger partial charge in [-0.15, -0.1) is 12.4 Å². The molecule has 17 heavy (non-hydrogen) atoms. The monoisotopic (exact) mass is 280 g/mol. The van der Waals surface area contributed by atoms with Gasteiger partial charge in [0, 0.05) is 25.0 Å². The van der Waals surface area contributed by atoms with Gasteiger partial charge in [0.1, 0.15) is 0 Å². The highest BCUT2D eigenvalue weighted by molar-refractivity contribution is 7.91. The minimum absolute atomic E-state index is 0. The molecule has 0 bridgehead atoms. The Morgan fingerprint density at radius 1 is 1.24 bits per heavy atom. The van der Waals surface area contributed by atoms with Crippen LogP contribution in [0.5, 0.6) is 0 Å². The van der Waals surface area contributed by atoms with Crippen molar-refractivity contribution in [3.8, 4) is 0 Å². The normalized spacial score (nSPS) is 34.9. The first kappa shape index (κ1) is 13.1. The lowest BCUT2D eigenvalue weighted by atomic mass is 10.1. The first-order chi connectivity index (χ1) is 7.57. The minimum atomic E-state index is -2.96. The van der Waals surface area contributed by atoms with Crippen molar-refractivity contribution in [2.75, 3.05) is 24.6 Å². The zero-order chi connectivity index (χ0) is 11.3. The molecule has 0 radical (unpaired) electrons. The summed E-state index contributed by atoms with van der Waals surface area (Å²) in [6.45, 7) is 1.38. The number of rotatable bonds is 1. The van der Waals surface area contributed by atoms with Crippen molar-refractivity contribution in [3.63, 3.8) is 0 Å². The zero-order valence-corrected chi connectivity index (χ0v) is 11.1. The molecule has 3 aliphatic rings. The lowest BCUT2D eigenvalue weighted by Crippen LogP contribution is -2.59. The molecular weight excluding hydrogens is 264 g/mol. The molecule has 1 N–H and O–H groups in total. The number of halogens is 1. The number of sulfone groups is 1. The molecule has 2 atom stereocenters. The minimum Gasteiger partial charge on any atom is -0.336 e. The van der Waals surface area contributed by atoms with E-state index >= 15 is 0 Å². The molecule has 0 spiro atoms. The Kier molecular flexibility index (Phi) is 3.40. The fourth-order valence-electron chi connectivity index (χ4n) is 2.71. The summed E-state index contributed by atoms with van der Waals surface area (Å²) in [5.41, 5.74) is 0. The van der Waals surface area contributed by atoms with Crippen LogP contribution in [0.1, 0.15) is 12.8 Å². The fraction of sp³-hybridized carbons (Fsp3) is 0.900. The standard InChI is InChI=1S/C10H16N2O3S.ClH/c13-10(7-1-2-7)12-4-3-11-8-5-16(14,15)6-9(8)12;/h7-9,11H,1-6H2;1H/t8-,9+;/m0./s1. The highest BCUT2D eigenvalue weighted by Crippen LogP contribution is 2.33. The first-order valence-electron chi connectivity index (χ1n) is 5.81. The molecule has 0 aromatic heterocycles. The molecule has 2 aliphatic heterocycles. The van der Waals surface area contributed by atoms with Crippen molar-refractivity contribution in [2.24, 2.45) is 5.92 Å². The smallest absolute Gasteiger partial charge is 0.226 e. The van der Waals surface area contributed by atoms with Gasteiger partial charge in [0.05, 0.1) is 17.5 Å². The third-order valence-electron chi connectivity index (χ3n) is 3.69. The molecule has 5 nitrogen and oxygen atoms in total. The van der Waals surface area contributed by atoms with Crippen LogP contribution in [0.2, 0.25) is 0 Å². The third kappa shape index (κ3) is 2.44. The molecule has 1 amide bonds. The Morgan fingerprint density at radius 3 is 2.59 bits per heavy atom. The Morgan fingerprint density at radius 2 is 1.94 bits per heavy atom. The van der Waals surface area contributed by atoms with Crippen LogP contribution in [0.4, 0.5) is 0 Å². The molecule has 3 fully saturated rings. The number of hydrogen-bond donors (Lipinski definition) is 1. The van der Waals surface area contributed by atoms with Crippen LogP contribution < -0.4 is 5.32 Å². The molecule has 7 heteroatoms. The maximum absolute atomic E-state index is 12.0. The van der Waals surface area contributed by atoms with Crippen molar-refractivity contribution in [1.82, 2.24) is 10.2 Å². The van der Waals surface area contributed by atoms with Gasteiger partial charge in [-0.05, 0) is 12.8 Å². The van der Waals surface area contributed by atoms with E-state index in [4.69, 9.17) is 0 Å². The highest BCUT2D eigenvalue weighted by atomic mass is 35.5. The predicted octanol–water partition coefficient (Wildman–Crippen LogP) is -0.584. The Hall–Kier alpha value is -0.330. The number of nitrogens with zero attached hydrogens (tertiary/aromatic N) is 1. The Labute approximate surface area is 107 Å². The molecule has 1 aliphatic carbocycles. The summed E-state index contributed by atoms with van der Waals surface area (Å²) in [7, 11) is -2.96. The van der Waals surface area contributed by atoms with E-state index in [2.05, 4.69) is 5.32 Å². The van der Waals surface area contributed by atoms with E-state index in [1.54, 1.807) is 0 Å². The van der Waals surface area contributed by atoms with Gasteiger partial charge in [-0.2, -0.15) is 0 Å². The lowest BCUT2D eigenvalue weighted by molar-refractivity contribution is -0.135. The number of hydrogen-bond acceptors (Lipinski definition) is 4. The number of piperazine rings is 1. The molecule has 1 saturated carbocycles. The quantitative estimate of drug-likeness (QED) is 0.698. The van der Waals surface area contributed by atoms with E-state index in [-0.39, 0.29) is 47.8 Å². The topological polar surface area (TPSA) is 66.5 Å². The zero-order valence-electron chi connectivity index (χ0n) is 9.46. The summed E-state index contributed by atoms with van der Waals surface area (Å²) in [5.74, 6) is 0.686. The molecule has 2 heterocycles. The maximum atomic E-state index is 12.0. The van der Waals surface area contributed by atoms with E-state index in [9.17, 15) is 13.2 Å². The summed E-state index contributed by atoms with van der Waals surface area (Å²) in [5, 5.41) is 3.21. The highest BCUT2D eigenvalue weighted by Gasteiger charge is 2.46. The molecular formula is C10H17ClN2O3S. The molecule has 0 aromatic rings. The number of carbonyl (C=O) groups excluding carboxylic acids is 1. The van der Waals surface area contributed by atoms with Crippen LogP contribution in [0, 0.1) is 5.92 Å². The van der Waals surface area contributed by atoms with Crippen LogP contribution in [0.3, 0.4) is 0 Å². The van der Waals surface area contributed by atoms with Crippen molar-refractivity contribution >= 4 is 28.2 Å². The summed E-state index contributed by atoms with van der Waals surface area (Å²) in [4.78, 5) is 13.8. The van der Waals surface area contributed by atoms with Gasteiger partial charge in [0.2, 0.25) is 5.91 Å². The average molecular weight is 281 g/mol. The van der Waals surface area contributed by atoms with Gasteiger partial charge < -0.3 is 10.2 Å². The van der Waals surface area contributed by atoms with Crippen molar-refractivity contribution in [2.45, 2.75) is 24.9 Å². The van der Waals surface area contributed by atoms with Gasteiger partial charge in [0.25, 0.3) is 0 Å². The largest absolute Gasteiger partial charge is 0.336 e. The fourth-order valence-corrected chi connectivity index (χ4v) is 4.66. The first-order valence-corrected chi connectivity index (χ1v) is 7.63. The van der Waals surface area contributed by atoms with Gasteiger partial charge >= 0.3 is 0 Å². The number of nitrogens with one attached hydrogen (secondary N) is 1. The van der Waals surface area contributed by atoms with Crippen LogP contribution in [-0.4, -0.2) is 55.9 Å². The Bertz CT molecular complexity index is 421. The summed E-state index contributed by atoms with van der Waals surface area (Å²) in [6, 6.07) is -0.159. The van der Waals surface area contributed by atoms with Crippen LogP contribution in [0.15, 0.2) is 0 Å². The van der Waals surface area contributed by atoms with Crippen LogP contribution in [-0.2, 0) is 14.6 Å². The van der Waals surface area contributed by atoms with Gasteiger partial charge in [0.15, 0.2) is 9.84 Å². The molecule has 98 valence electrons. The van der Waals surface area contributed by atoms with E-state index < -0.39 is 9.84 Å². The summed E-state index contributed by atoms with van der Waals surface area (Å²) < 4.78 is 23.1. The number of amides is 1. The Balaban J connectivity index is 0.00000108. The van der Waals surface area contributed by atoms with E-state index in [0.717, 1.165) is 19.4 Å². The van der Waals surface area contributed by atoms with Gasteiger partial charge in [-0.25, -0.2) is 8.42 Å². The van der Waals surface area contributed by atoms with Gasteiger partial charge in [-0.3, -0.25) is 4.79 Å². The predicted molar refractivity (Wildman–Crippen MR) is 65.9 cm³/mol. The lowest BCUT2D eigenvalue weighted by Gasteiger charge is -2.37.